The van der Waals surface area contributed by atoms with E-state index in [4.69, 9.17) is 4.74 Å². The molecule has 0 aromatic heterocycles. The molecule has 0 saturated heterocycles. The van der Waals surface area contributed by atoms with Crippen LogP contribution in [0.4, 0.5) is 0 Å². The summed E-state index contributed by atoms with van der Waals surface area (Å²) in [6.45, 7) is 8.65. The monoisotopic (exact) mass is 332 g/mol. The van der Waals surface area contributed by atoms with Crippen molar-refractivity contribution in [3.63, 3.8) is 0 Å². The van der Waals surface area contributed by atoms with Crippen molar-refractivity contribution >= 4 is 18.6 Å². The average Bonchev–Trinajstić information content (AvgIpc) is 2.99. The summed E-state index contributed by atoms with van der Waals surface area (Å²) in [6, 6.07) is 7.84. The van der Waals surface area contributed by atoms with E-state index >= 15 is 0 Å². The summed E-state index contributed by atoms with van der Waals surface area (Å²) in [7, 11) is 0. The van der Waals surface area contributed by atoms with Gasteiger partial charge in [0.15, 0.2) is 0 Å². The lowest BCUT2D eigenvalue weighted by atomic mass is 9.74. The summed E-state index contributed by atoms with van der Waals surface area (Å²) >= 11 is 4.31. The van der Waals surface area contributed by atoms with E-state index in [2.05, 4.69) is 26.5 Å². The Labute approximate surface area is 145 Å². The first-order valence-electron chi connectivity index (χ1n) is 8.79. The molecular weight excluding hydrogens is 304 g/mol. The maximum absolute atomic E-state index is 12.5. The van der Waals surface area contributed by atoms with E-state index < -0.39 is 5.60 Å². The molecule has 126 valence electrons. The third-order valence-electron chi connectivity index (χ3n) is 6.39. The van der Waals surface area contributed by atoms with Crippen molar-refractivity contribution in [2.45, 2.75) is 57.5 Å². The molecule has 1 aromatic rings. The summed E-state index contributed by atoms with van der Waals surface area (Å²) < 4.78 is 5.83. The molecule has 2 aliphatic carbocycles. The van der Waals surface area contributed by atoms with E-state index in [0.29, 0.717) is 18.3 Å². The van der Waals surface area contributed by atoms with Gasteiger partial charge in [-0.2, -0.15) is 0 Å². The molecule has 1 aromatic carbocycles. The van der Waals surface area contributed by atoms with Crippen LogP contribution in [0.2, 0.25) is 0 Å². The molecule has 23 heavy (non-hydrogen) atoms. The van der Waals surface area contributed by atoms with Crippen molar-refractivity contribution in [1.82, 2.24) is 0 Å². The van der Waals surface area contributed by atoms with Gasteiger partial charge in [0.2, 0.25) is 0 Å². The number of hydrogen-bond donors (Lipinski definition) is 1. The van der Waals surface area contributed by atoms with Gasteiger partial charge >= 0.3 is 5.97 Å². The number of esters is 1. The third-order valence-corrected chi connectivity index (χ3v) is 6.69. The highest BCUT2D eigenvalue weighted by molar-refractivity contribution is 7.80. The van der Waals surface area contributed by atoms with Crippen molar-refractivity contribution < 1.29 is 9.53 Å². The van der Waals surface area contributed by atoms with Crippen LogP contribution in [-0.4, -0.2) is 5.97 Å². The van der Waals surface area contributed by atoms with Gasteiger partial charge in [-0.1, -0.05) is 26.0 Å². The minimum absolute atomic E-state index is 0.0534. The van der Waals surface area contributed by atoms with E-state index in [-0.39, 0.29) is 5.97 Å². The quantitative estimate of drug-likeness (QED) is 0.615. The first kappa shape index (κ1) is 16.9. The minimum Gasteiger partial charge on any atom is -0.455 e. The van der Waals surface area contributed by atoms with Crippen molar-refractivity contribution in [1.29, 1.82) is 0 Å². The Balaban J connectivity index is 1.60. The van der Waals surface area contributed by atoms with Gasteiger partial charge in [0, 0.05) is 11.3 Å². The summed E-state index contributed by atoms with van der Waals surface area (Å²) in [5.74, 6) is 3.58. The first-order valence-corrected chi connectivity index (χ1v) is 9.24. The molecule has 2 aliphatic rings. The number of rotatable bonds is 4. The van der Waals surface area contributed by atoms with Crippen LogP contribution in [0.25, 0.3) is 0 Å². The molecule has 2 fully saturated rings. The van der Waals surface area contributed by atoms with E-state index in [1.807, 2.05) is 38.1 Å². The highest BCUT2D eigenvalue weighted by Crippen LogP contribution is 2.56. The van der Waals surface area contributed by atoms with E-state index in [0.717, 1.165) is 28.2 Å². The van der Waals surface area contributed by atoms with Gasteiger partial charge in [0.1, 0.15) is 5.60 Å². The highest BCUT2D eigenvalue weighted by Gasteiger charge is 2.49. The van der Waals surface area contributed by atoms with Crippen molar-refractivity contribution in [2.75, 3.05) is 0 Å². The Morgan fingerprint density at radius 1 is 1.17 bits per heavy atom. The van der Waals surface area contributed by atoms with Crippen LogP contribution in [0, 0.1) is 29.6 Å². The smallest absolute Gasteiger partial charge is 0.306 e. The molecule has 0 aliphatic heterocycles. The van der Waals surface area contributed by atoms with Gasteiger partial charge in [-0.15, -0.1) is 12.6 Å². The SMILES string of the molecule is CC1C2CC(CC(=O)OC(C)(C)c3ccc(S)cc3)C(C2)C1C. The Kier molecular flexibility index (Phi) is 4.52. The molecule has 0 spiro atoms. The van der Waals surface area contributed by atoms with Crippen molar-refractivity contribution in [3.8, 4) is 0 Å². The lowest BCUT2D eigenvalue weighted by Crippen LogP contribution is -2.30. The molecule has 2 saturated carbocycles. The van der Waals surface area contributed by atoms with Crippen LogP contribution in [0.5, 0.6) is 0 Å². The Morgan fingerprint density at radius 2 is 1.83 bits per heavy atom. The zero-order chi connectivity index (χ0) is 16.8. The fraction of sp³-hybridized carbons (Fsp3) is 0.650. The molecule has 2 bridgehead atoms. The summed E-state index contributed by atoms with van der Waals surface area (Å²) in [5.41, 5.74) is 0.424. The van der Waals surface area contributed by atoms with Crippen LogP contribution in [0.1, 0.15) is 52.5 Å². The molecule has 0 amide bonds. The van der Waals surface area contributed by atoms with Crippen molar-refractivity contribution in [3.05, 3.63) is 29.8 Å². The van der Waals surface area contributed by atoms with Gasteiger partial charge < -0.3 is 4.74 Å². The highest BCUT2D eigenvalue weighted by atomic mass is 32.1. The Hall–Kier alpha value is -0.960. The molecule has 3 rings (SSSR count). The largest absolute Gasteiger partial charge is 0.455 e. The van der Waals surface area contributed by atoms with Gasteiger partial charge in [-0.05, 0) is 74.0 Å². The van der Waals surface area contributed by atoms with Gasteiger partial charge in [-0.25, -0.2) is 0 Å². The molecule has 5 atom stereocenters. The number of carbonyl (C=O) groups excluding carboxylic acids is 1. The van der Waals surface area contributed by atoms with Crippen molar-refractivity contribution in [2.24, 2.45) is 29.6 Å². The van der Waals surface area contributed by atoms with Gasteiger partial charge in [0.05, 0.1) is 0 Å². The average molecular weight is 333 g/mol. The molecule has 0 N–H and O–H groups in total. The maximum Gasteiger partial charge on any atom is 0.306 e. The normalized spacial score (nSPS) is 33.0. The van der Waals surface area contributed by atoms with E-state index in [1.165, 1.54) is 12.8 Å². The van der Waals surface area contributed by atoms with Crippen LogP contribution in [0.15, 0.2) is 29.2 Å². The number of benzene rings is 1. The lowest BCUT2D eigenvalue weighted by molar-refractivity contribution is -0.159. The predicted molar refractivity (Wildman–Crippen MR) is 95.5 cm³/mol. The second kappa shape index (κ2) is 6.16. The summed E-state index contributed by atoms with van der Waals surface area (Å²) in [4.78, 5) is 13.4. The number of carbonyl (C=O) groups is 1. The van der Waals surface area contributed by atoms with Crippen LogP contribution in [-0.2, 0) is 15.1 Å². The lowest BCUT2D eigenvalue weighted by Gasteiger charge is -2.32. The van der Waals surface area contributed by atoms with Crippen LogP contribution in [0.3, 0.4) is 0 Å². The zero-order valence-corrected chi connectivity index (χ0v) is 15.5. The molecule has 0 radical (unpaired) electrons. The van der Waals surface area contributed by atoms with E-state index in [1.54, 1.807) is 0 Å². The summed E-state index contributed by atoms with van der Waals surface area (Å²) in [6.07, 6.45) is 3.10. The topological polar surface area (TPSA) is 26.3 Å². The Bertz CT molecular complexity index is 576. The number of thiol groups is 1. The molecule has 2 nitrogen and oxygen atoms in total. The summed E-state index contributed by atoms with van der Waals surface area (Å²) in [5, 5.41) is 0. The molecular formula is C20H28O2S. The van der Waals surface area contributed by atoms with Crippen LogP contribution >= 0.6 is 12.6 Å². The molecule has 5 unspecified atom stereocenters. The standard InChI is InChI=1S/C20H28O2S/c1-12-13(2)18-10-14(12)9-15(18)11-19(21)22-20(3,4)16-5-7-17(23)8-6-16/h5-8,12-15,18,23H,9-11H2,1-4H3. The number of hydrogen-bond acceptors (Lipinski definition) is 3. The number of fused-ring (bicyclic) bond motifs is 2. The third kappa shape index (κ3) is 3.31. The van der Waals surface area contributed by atoms with Crippen LogP contribution < -0.4 is 0 Å². The predicted octanol–water partition coefficient (Wildman–Crippen LogP) is 5.07. The fourth-order valence-electron chi connectivity index (χ4n) is 4.79. The second-order valence-corrected chi connectivity index (χ2v) is 8.63. The zero-order valence-electron chi connectivity index (χ0n) is 14.6. The second-order valence-electron chi connectivity index (χ2n) is 8.11. The van der Waals surface area contributed by atoms with Gasteiger partial charge in [-0.3, -0.25) is 4.79 Å². The minimum atomic E-state index is -0.588. The number of ether oxygens (including phenoxy) is 1. The van der Waals surface area contributed by atoms with E-state index in [9.17, 15) is 4.79 Å². The first-order chi connectivity index (χ1) is 10.8. The Morgan fingerprint density at radius 3 is 2.39 bits per heavy atom. The molecule has 3 heteroatoms. The maximum atomic E-state index is 12.5. The molecule has 0 heterocycles. The fourth-order valence-corrected chi connectivity index (χ4v) is 4.94. The van der Waals surface area contributed by atoms with Gasteiger partial charge in [0.25, 0.3) is 0 Å².